The maximum absolute atomic E-state index is 12.8. The van der Waals surface area contributed by atoms with Gasteiger partial charge in [-0.05, 0) is 25.2 Å². The van der Waals surface area contributed by atoms with Gasteiger partial charge in [0.1, 0.15) is 18.1 Å². The van der Waals surface area contributed by atoms with Crippen LogP contribution in [0.2, 0.25) is 0 Å². The Morgan fingerprint density at radius 1 is 1.13 bits per heavy atom. The second kappa shape index (κ2) is 11.5. The van der Waals surface area contributed by atoms with Crippen molar-refractivity contribution in [1.29, 1.82) is 0 Å². The first-order valence-corrected chi connectivity index (χ1v) is 9.71. The highest BCUT2D eigenvalue weighted by molar-refractivity contribution is 5.94. The van der Waals surface area contributed by atoms with Gasteiger partial charge in [0.2, 0.25) is 17.7 Å². The molecule has 1 rings (SSSR count). The zero-order valence-electron chi connectivity index (χ0n) is 17.0. The highest BCUT2D eigenvalue weighted by Crippen LogP contribution is 2.20. The van der Waals surface area contributed by atoms with E-state index in [0.29, 0.717) is 12.8 Å². The molecule has 0 aliphatic carbocycles. The lowest BCUT2D eigenvalue weighted by Crippen LogP contribution is -2.58. The molecule has 0 spiro atoms. The summed E-state index contributed by atoms with van der Waals surface area (Å²) >= 11 is 0. The van der Waals surface area contributed by atoms with Crippen molar-refractivity contribution in [3.05, 3.63) is 0 Å². The lowest BCUT2D eigenvalue weighted by atomic mass is 10.0. The van der Waals surface area contributed by atoms with Crippen molar-refractivity contribution in [3.63, 3.8) is 0 Å². The Morgan fingerprint density at radius 2 is 1.77 bits per heavy atom. The molecule has 4 atom stereocenters. The lowest BCUT2D eigenvalue weighted by molar-refractivity contribution is -0.144. The number of carbonyl (C=O) groups excluding carboxylic acids is 3. The number of hydrogen-bond donors (Lipinski definition) is 6. The smallest absolute Gasteiger partial charge is 0.328 e. The third-order valence-corrected chi connectivity index (χ3v) is 4.87. The number of carbonyl (C=O) groups is 5. The predicted molar refractivity (Wildman–Crippen MR) is 103 cm³/mol. The van der Waals surface area contributed by atoms with Gasteiger partial charge in [-0.1, -0.05) is 13.8 Å². The fourth-order valence-electron chi connectivity index (χ4n) is 3.15. The van der Waals surface area contributed by atoms with E-state index in [1.165, 1.54) is 4.90 Å². The number of hydrogen-bond acceptors (Lipinski definition) is 7. The summed E-state index contributed by atoms with van der Waals surface area (Å²) in [5, 5.41) is 31.5. The van der Waals surface area contributed by atoms with E-state index in [1.807, 2.05) is 0 Å². The molecule has 4 unspecified atom stereocenters. The summed E-state index contributed by atoms with van der Waals surface area (Å²) < 4.78 is 0. The number of aliphatic hydroxyl groups is 1. The molecule has 0 aromatic carbocycles. The van der Waals surface area contributed by atoms with Crippen LogP contribution in [-0.2, 0) is 24.0 Å². The first kappa shape index (κ1) is 25.3. The number of likely N-dealkylation sites (tertiary alicyclic amines) is 1. The van der Waals surface area contributed by atoms with Gasteiger partial charge in [0.25, 0.3) is 0 Å². The molecule has 1 fully saturated rings. The summed E-state index contributed by atoms with van der Waals surface area (Å²) in [4.78, 5) is 60.7. The minimum absolute atomic E-state index is 0.0617. The van der Waals surface area contributed by atoms with Gasteiger partial charge in [-0.2, -0.15) is 0 Å². The summed E-state index contributed by atoms with van der Waals surface area (Å²) in [5.74, 6) is -4.79. The monoisotopic (exact) mass is 430 g/mol. The van der Waals surface area contributed by atoms with Crippen LogP contribution in [-0.4, -0.2) is 87.2 Å². The third kappa shape index (κ3) is 6.95. The minimum atomic E-state index is -1.51. The molecule has 170 valence electrons. The molecule has 3 amide bonds. The van der Waals surface area contributed by atoms with Gasteiger partial charge in [0.05, 0.1) is 12.6 Å². The Labute approximate surface area is 173 Å². The lowest BCUT2D eigenvalue weighted by Gasteiger charge is -2.29. The van der Waals surface area contributed by atoms with Crippen molar-refractivity contribution < 1.29 is 39.3 Å². The van der Waals surface area contributed by atoms with Gasteiger partial charge in [0.15, 0.2) is 0 Å². The molecular weight excluding hydrogens is 400 g/mol. The molecule has 1 saturated heterocycles. The zero-order valence-corrected chi connectivity index (χ0v) is 17.0. The Hall–Kier alpha value is -2.73. The van der Waals surface area contributed by atoms with E-state index in [0.717, 1.165) is 0 Å². The minimum Gasteiger partial charge on any atom is -0.481 e. The standard InChI is InChI=1S/C18H30N4O8/c1-9(2)14(16(27)20-11(8-23)18(29)30)21-15(26)12-4-3-7-22(12)17(28)10(19)5-6-13(24)25/h9-12,14,23H,3-8,19H2,1-2H3,(H,20,27)(H,21,26)(H,24,25)(H,29,30). The summed E-state index contributed by atoms with van der Waals surface area (Å²) in [6.07, 6.45) is 0.556. The van der Waals surface area contributed by atoms with Crippen LogP contribution >= 0.6 is 0 Å². The predicted octanol–water partition coefficient (Wildman–Crippen LogP) is -2.13. The van der Waals surface area contributed by atoms with Gasteiger partial charge < -0.3 is 36.6 Å². The van der Waals surface area contributed by atoms with Gasteiger partial charge in [0, 0.05) is 13.0 Å². The van der Waals surface area contributed by atoms with Crippen molar-refractivity contribution in [3.8, 4) is 0 Å². The fraction of sp³-hybridized carbons (Fsp3) is 0.722. The number of carboxylic acid groups (broad SMARTS) is 2. The van der Waals surface area contributed by atoms with Crippen LogP contribution in [0.4, 0.5) is 0 Å². The Balaban J connectivity index is 2.83. The van der Waals surface area contributed by atoms with E-state index >= 15 is 0 Å². The topological polar surface area (TPSA) is 199 Å². The van der Waals surface area contributed by atoms with Crippen LogP contribution in [0.15, 0.2) is 0 Å². The first-order valence-electron chi connectivity index (χ1n) is 9.71. The van der Waals surface area contributed by atoms with Crippen molar-refractivity contribution in [2.45, 2.75) is 63.7 Å². The maximum Gasteiger partial charge on any atom is 0.328 e. The molecule has 0 bridgehead atoms. The molecule has 12 heteroatoms. The molecule has 7 N–H and O–H groups in total. The van der Waals surface area contributed by atoms with Crippen molar-refractivity contribution in [1.82, 2.24) is 15.5 Å². The molecule has 12 nitrogen and oxygen atoms in total. The number of nitrogens with one attached hydrogen (secondary N) is 2. The SMILES string of the molecule is CC(C)C(NC(=O)C1CCCN1C(=O)C(N)CCC(=O)O)C(=O)NC(CO)C(=O)O. The van der Waals surface area contributed by atoms with Crippen LogP contribution in [0.5, 0.6) is 0 Å². The largest absolute Gasteiger partial charge is 0.481 e. The van der Waals surface area contributed by atoms with Crippen LogP contribution in [0.1, 0.15) is 39.5 Å². The Morgan fingerprint density at radius 3 is 2.27 bits per heavy atom. The summed E-state index contributed by atoms with van der Waals surface area (Å²) in [5.41, 5.74) is 5.77. The fourth-order valence-corrected chi connectivity index (χ4v) is 3.15. The molecule has 1 heterocycles. The highest BCUT2D eigenvalue weighted by atomic mass is 16.4. The van der Waals surface area contributed by atoms with E-state index in [-0.39, 0.29) is 19.4 Å². The second-order valence-corrected chi connectivity index (χ2v) is 7.54. The van der Waals surface area contributed by atoms with Crippen LogP contribution in [0.3, 0.4) is 0 Å². The van der Waals surface area contributed by atoms with Crippen molar-refractivity contribution in [2.24, 2.45) is 11.7 Å². The van der Waals surface area contributed by atoms with E-state index in [4.69, 9.17) is 21.1 Å². The van der Waals surface area contributed by atoms with E-state index in [2.05, 4.69) is 10.6 Å². The molecule has 0 aromatic heterocycles. The van der Waals surface area contributed by atoms with E-state index in [9.17, 15) is 24.0 Å². The second-order valence-electron chi connectivity index (χ2n) is 7.54. The third-order valence-electron chi connectivity index (χ3n) is 4.87. The zero-order chi connectivity index (χ0) is 23.0. The molecule has 0 aromatic rings. The average molecular weight is 430 g/mol. The van der Waals surface area contributed by atoms with Gasteiger partial charge >= 0.3 is 11.9 Å². The normalized spacial score (nSPS) is 19.1. The van der Waals surface area contributed by atoms with Crippen LogP contribution in [0.25, 0.3) is 0 Å². The number of nitrogens with zero attached hydrogens (tertiary/aromatic N) is 1. The Kier molecular flexibility index (Phi) is 9.66. The number of carboxylic acids is 2. The Bertz CT molecular complexity index is 669. The summed E-state index contributed by atoms with van der Waals surface area (Å²) in [7, 11) is 0. The maximum atomic E-state index is 12.8. The number of amides is 3. The molecule has 0 saturated carbocycles. The van der Waals surface area contributed by atoms with Crippen LogP contribution < -0.4 is 16.4 Å². The quantitative estimate of drug-likeness (QED) is 0.212. The van der Waals surface area contributed by atoms with Gasteiger partial charge in [-0.3, -0.25) is 19.2 Å². The average Bonchev–Trinajstić information content (AvgIpc) is 3.16. The summed E-state index contributed by atoms with van der Waals surface area (Å²) in [6, 6.07) is -4.51. The summed E-state index contributed by atoms with van der Waals surface area (Å²) in [6.45, 7) is 2.78. The number of rotatable bonds is 11. The number of aliphatic carboxylic acids is 2. The van der Waals surface area contributed by atoms with Crippen LogP contribution in [0, 0.1) is 5.92 Å². The van der Waals surface area contributed by atoms with E-state index < -0.39 is 66.4 Å². The van der Waals surface area contributed by atoms with Gasteiger partial charge in [-0.25, -0.2) is 4.79 Å². The molecule has 30 heavy (non-hydrogen) atoms. The van der Waals surface area contributed by atoms with Gasteiger partial charge in [-0.15, -0.1) is 0 Å². The number of aliphatic hydroxyl groups excluding tert-OH is 1. The molecule has 1 aliphatic heterocycles. The highest BCUT2D eigenvalue weighted by Gasteiger charge is 2.38. The van der Waals surface area contributed by atoms with Crippen molar-refractivity contribution >= 4 is 29.7 Å². The number of nitrogens with two attached hydrogens (primary N) is 1. The van der Waals surface area contributed by atoms with Crippen molar-refractivity contribution in [2.75, 3.05) is 13.2 Å². The molecule has 1 aliphatic rings. The molecule has 0 radical (unpaired) electrons. The first-order chi connectivity index (χ1) is 14.0. The molecular formula is C18H30N4O8. The van der Waals surface area contributed by atoms with E-state index in [1.54, 1.807) is 13.8 Å².